The SMILES string of the molecule is O=C(CC1CSCCN1)N1CCC(NS(=O)(=O)c2cccs2)CC1. The number of amides is 1. The van der Waals surface area contributed by atoms with Crippen LogP contribution in [0, 0.1) is 0 Å². The first-order chi connectivity index (χ1) is 11.5. The summed E-state index contributed by atoms with van der Waals surface area (Å²) in [5.74, 6) is 2.28. The molecule has 6 nitrogen and oxygen atoms in total. The van der Waals surface area contributed by atoms with Crippen LogP contribution >= 0.6 is 23.1 Å². The number of piperidine rings is 1. The minimum absolute atomic E-state index is 0.0930. The molecule has 1 aromatic heterocycles. The molecule has 2 saturated heterocycles. The third-order valence-electron chi connectivity index (χ3n) is 4.35. The topological polar surface area (TPSA) is 78.5 Å². The zero-order valence-corrected chi connectivity index (χ0v) is 15.9. The van der Waals surface area contributed by atoms with Crippen LogP contribution in [0.4, 0.5) is 0 Å². The first-order valence-electron chi connectivity index (χ1n) is 8.19. The fourth-order valence-corrected chi connectivity index (χ4v) is 6.29. The molecular formula is C15H23N3O3S3. The molecule has 0 bridgehead atoms. The number of sulfonamides is 1. The van der Waals surface area contributed by atoms with Crippen molar-refractivity contribution in [2.75, 3.05) is 31.1 Å². The van der Waals surface area contributed by atoms with Gasteiger partial charge in [-0.2, -0.15) is 11.8 Å². The van der Waals surface area contributed by atoms with Gasteiger partial charge in [0.1, 0.15) is 4.21 Å². The third-order valence-corrected chi connectivity index (χ3v) is 8.40. The minimum atomic E-state index is -3.42. The number of carbonyl (C=O) groups is 1. The number of rotatable bonds is 5. The molecule has 2 fully saturated rings. The lowest BCUT2D eigenvalue weighted by Gasteiger charge is -2.33. The summed E-state index contributed by atoms with van der Waals surface area (Å²) in [7, 11) is -3.42. The summed E-state index contributed by atoms with van der Waals surface area (Å²) in [6, 6.07) is 3.52. The Balaban J connectivity index is 1.46. The fourth-order valence-electron chi connectivity index (χ4n) is 3.03. The highest BCUT2D eigenvalue weighted by Crippen LogP contribution is 2.19. The maximum absolute atomic E-state index is 12.4. The Morgan fingerprint density at radius 2 is 2.17 bits per heavy atom. The van der Waals surface area contributed by atoms with Crippen LogP contribution in [-0.2, 0) is 14.8 Å². The summed E-state index contributed by atoms with van der Waals surface area (Å²) in [6.07, 6.45) is 1.88. The molecule has 1 atom stereocenters. The Labute approximate surface area is 151 Å². The van der Waals surface area contributed by atoms with E-state index in [0.717, 1.165) is 18.1 Å². The van der Waals surface area contributed by atoms with Gasteiger partial charge in [-0.15, -0.1) is 11.3 Å². The van der Waals surface area contributed by atoms with Crippen molar-refractivity contribution in [3.05, 3.63) is 17.5 Å². The Morgan fingerprint density at radius 1 is 1.38 bits per heavy atom. The second kappa shape index (κ2) is 8.18. The summed E-state index contributed by atoms with van der Waals surface area (Å²) in [5.41, 5.74) is 0. The lowest BCUT2D eigenvalue weighted by atomic mass is 10.1. The van der Waals surface area contributed by atoms with Crippen molar-refractivity contribution in [3.63, 3.8) is 0 Å². The maximum atomic E-state index is 12.4. The highest BCUT2D eigenvalue weighted by molar-refractivity contribution is 7.99. The number of thiophene rings is 1. The van der Waals surface area contributed by atoms with Crippen LogP contribution in [0.5, 0.6) is 0 Å². The Hall–Kier alpha value is -0.610. The van der Waals surface area contributed by atoms with Crippen molar-refractivity contribution in [3.8, 4) is 0 Å². The minimum Gasteiger partial charge on any atom is -0.343 e. The van der Waals surface area contributed by atoms with Crippen molar-refractivity contribution >= 4 is 39.0 Å². The summed E-state index contributed by atoms with van der Waals surface area (Å²) < 4.78 is 27.6. The second-order valence-electron chi connectivity index (χ2n) is 6.14. The van der Waals surface area contributed by atoms with Crippen molar-refractivity contribution < 1.29 is 13.2 Å². The molecule has 1 amide bonds. The van der Waals surface area contributed by atoms with Crippen LogP contribution < -0.4 is 10.0 Å². The molecule has 1 unspecified atom stereocenters. The van der Waals surface area contributed by atoms with Crippen molar-refractivity contribution in [2.45, 2.75) is 35.6 Å². The van der Waals surface area contributed by atoms with Gasteiger partial charge in [-0.25, -0.2) is 13.1 Å². The van der Waals surface area contributed by atoms with E-state index in [0.29, 0.717) is 36.6 Å². The number of hydrogen-bond donors (Lipinski definition) is 2. The summed E-state index contributed by atoms with van der Waals surface area (Å²) in [6.45, 7) is 2.21. The normalized spacial score (nSPS) is 23.3. The Bertz CT molecular complexity index is 634. The molecule has 0 radical (unpaired) electrons. The molecule has 134 valence electrons. The van der Waals surface area contributed by atoms with E-state index in [1.807, 2.05) is 16.7 Å². The van der Waals surface area contributed by atoms with E-state index in [4.69, 9.17) is 0 Å². The molecule has 0 spiro atoms. The summed E-state index contributed by atoms with van der Waals surface area (Å²) in [5, 5.41) is 5.14. The van der Waals surface area contributed by atoms with Crippen LogP contribution in [0.2, 0.25) is 0 Å². The smallest absolute Gasteiger partial charge is 0.250 e. The lowest BCUT2D eigenvalue weighted by Crippen LogP contribution is -2.48. The number of hydrogen-bond acceptors (Lipinski definition) is 6. The van der Waals surface area contributed by atoms with Gasteiger partial charge < -0.3 is 10.2 Å². The van der Waals surface area contributed by atoms with Gasteiger partial charge in [-0.3, -0.25) is 4.79 Å². The molecule has 24 heavy (non-hydrogen) atoms. The van der Waals surface area contributed by atoms with Crippen LogP contribution in [0.1, 0.15) is 19.3 Å². The number of nitrogens with zero attached hydrogens (tertiary/aromatic N) is 1. The quantitative estimate of drug-likeness (QED) is 0.789. The van der Waals surface area contributed by atoms with Gasteiger partial charge in [-0.05, 0) is 24.3 Å². The van der Waals surface area contributed by atoms with Crippen LogP contribution in [-0.4, -0.2) is 62.4 Å². The summed E-state index contributed by atoms with van der Waals surface area (Å²) in [4.78, 5) is 14.3. The van der Waals surface area contributed by atoms with E-state index in [1.54, 1.807) is 17.5 Å². The van der Waals surface area contributed by atoms with Crippen molar-refractivity contribution in [1.82, 2.24) is 14.9 Å². The number of nitrogens with one attached hydrogen (secondary N) is 2. The van der Waals surface area contributed by atoms with Crippen LogP contribution in [0.3, 0.4) is 0 Å². The van der Waals surface area contributed by atoms with Gasteiger partial charge in [0.15, 0.2) is 0 Å². The van der Waals surface area contributed by atoms with Gasteiger partial charge in [0, 0.05) is 49.6 Å². The summed E-state index contributed by atoms with van der Waals surface area (Å²) >= 11 is 3.11. The largest absolute Gasteiger partial charge is 0.343 e. The number of carbonyl (C=O) groups excluding carboxylic acids is 1. The van der Waals surface area contributed by atoms with E-state index in [2.05, 4.69) is 10.0 Å². The molecule has 2 aliphatic heterocycles. The molecule has 0 aliphatic carbocycles. The average Bonchev–Trinajstić information content (AvgIpc) is 3.11. The molecule has 2 N–H and O–H groups in total. The maximum Gasteiger partial charge on any atom is 0.250 e. The van der Waals surface area contributed by atoms with Gasteiger partial charge in [0.2, 0.25) is 15.9 Å². The standard InChI is InChI=1S/C15H23N3O3S3/c19-14(10-13-11-22-9-5-16-13)18-6-3-12(4-7-18)17-24(20,21)15-2-1-8-23-15/h1-2,8,12-13,16-17H,3-7,9-11H2. The van der Waals surface area contributed by atoms with E-state index in [-0.39, 0.29) is 18.0 Å². The zero-order valence-electron chi connectivity index (χ0n) is 13.4. The molecule has 2 aliphatic rings. The Morgan fingerprint density at radius 3 is 2.79 bits per heavy atom. The highest BCUT2D eigenvalue weighted by atomic mass is 32.2. The predicted octanol–water partition coefficient (Wildman–Crippen LogP) is 1.11. The van der Waals surface area contributed by atoms with E-state index < -0.39 is 10.0 Å². The second-order valence-corrected chi connectivity index (χ2v) is 10.2. The lowest BCUT2D eigenvalue weighted by molar-refractivity contribution is -0.132. The first kappa shape index (κ1) is 18.2. The van der Waals surface area contributed by atoms with Crippen LogP contribution in [0.15, 0.2) is 21.7 Å². The van der Waals surface area contributed by atoms with E-state index in [9.17, 15) is 13.2 Å². The van der Waals surface area contributed by atoms with Gasteiger partial charge >= 0.3 is 0 Å². The molecule has 1 aromatic rings. The number of thioether (sulfide) groups is 1. The predicted molar refractivity (Wildman–Crippen MR) is 98.0 cm³/mol. The van der Waals surface area contributed by atoms with E-state index >= 15 is 0 Å². The fraction of sp³-hybridized carbons (Fsp3) is 0.667. The third kappa shape index (κ3) is 4.72. The first-order valence-corrected chi connectivity index (χ1v) is 11.7. The van der Waals surface area contributed by atoms with Crippen molar-refractivity contribution in [1.29, 1.82) is 0 Å². The van der Waals surface area contributed by atoms with Gasteiger partial charge in [0.05, 0.1) is 0 Å². The van der Waals surface area contributed by atoms with Gasteiger partial charge in [-0.1, -0.05) is 6.07 Å². The Kier molecular flexibility index (Phi) is 6.20. The molecule has 9 heteroatoms. The zero-order chi connectivity index (χ0) is 17.0. The highest BCUT2D eigenvalue weighted by Gasteiger charge is 2.28. The molecule has 0 aromatic carbocycles. The molecule has 0 saturated carbocycles. The molecule has 3 heterocycles. The van der Waals surface area contributed by atoms with E-state index in [1.165, 1.54) is 11.3 Å². The molecule has 3 rings (SSSR count). The number of likely N-dealkylation sites (tertiary alicyclic amines) is 1. The molecular weight excluding hydrogens is 366 g/mol. The van der Waals surface area contributed by atoms with Crippen molar-refractivity contribution in [2.24, 2.45) is 0 Å². The average molecular weight is 390 g/mol. The van der Waals surface area contributed by atoms with Gasteiger partial charge in [0.25, 0.3) is 0 Å². The van der Waals surface area contributed by atoms with Crippen LogP contribution in [0.25, 0.3) is 0 Å². The monoisotopic (exact) mass is 389 g/mol.